The molecule has 2 rings (SSSR count). The maximum Gasteiger partial charge on any atom is 0.167 e. The Bertz CT molecular complexity index is 637. The molecule has 5 heteroatoms. The van der Waals surface area contributed by atoms with Crippen LogP contribution >= 0.6 is 11.6 Å². The van der Waals surface area contributed by atoms with E-state index in [1.165, 1.54) is 6.07 Å². The van der Waals surface area contributed by atoms with Gasteiger partial charge in [-0.15, -0.1) is 0 Å². The summed E-state index contributed by atoms with van der Waals surface area (Å²) in [4.78, 5) is 6.06. The fourth-order valence-corrected chi connectivity index (χ4v) is 2.32. The highest BCUT2D eigenvalue weighted by molar-refractivity contribution is 6.29. The molecule has 0 N–H and O–H groups in total. The molecular formula is C16H18ClFN2O. The number of fused-ring (bicyclic) bond motifs is 1. The summed E-state index contributed by atoms with van der Waals surface area (Å²) in [5, 5.41) is -0.146. The van der Waals surface area contributed by atoms with E-state index < -0.39 is 5.82 Å². The van der Waals surface area contributed by atoms with Crippen LogP contribution in [0.1, 0.15) is 26.3 Å². The van der Waals surface area contributed by atoms with Crippen molar-refractivity contribution in [2.45, 2.75) is 26.8 Å². The average Bonchev–Trinajstić information content (AvgIpc) is 2.41. The minimum atomic E-state index is -0.566. The number of hydrogen-bond donors (Lipinski definition) is 0. The number of hydrogen-bond acceptors (Lipinski definition) is 3. The van der Waals surface area contributed by atoms with Gasteiger partial charge >= 0.3 is 0 Å². The predicted octanol–water partition coefficient (Wildman–Crippen LogP) is 4.55. The summed E-state index contributed by atoms with van der Waals surface area (Å²) in [5.74, 6) is 0.534. The van der Waals surface area contributed by atoms with E-state index in [-0.39, 0.29) is 11.2 Å². The minimum Gasteiger partial charge on any atom is -0.494 e. The van der Waals surface area contributed by atoms with Gasteiger partial charge in [-0.05, 0) is 32.4 Å². The van der Waals surface area contributed by atoms with Gasteiger partial charge in [0.2, 0.25) is 0 Å². The summed E-state index contributed by atoms with van der Waals surface area (Å²) in [6.45, 7) is 14.3. The van der Waals surface area contributed by atoms with E-state index >= 15 is 0 Å². The van der Waals surface area contributed by atoms with Crippen LogP contribution in [-0.2, 0) is 4.74 Å². The lowest BCUT2D eigenvalue weighted by molar-refractivity contribution is 0.241. The van der Waals surface area contributed by atoms with Gasteiger partial charge in [-0.25, -0.2) is 9.37 Å². The highest BCUT2D eigenvalue weighted by atomic mass is 35.5. The number of halogens is 2. The van der Waals surface area contributed by atoms with E-state index in [0.717, 1.165) is 5.57 Å². The SMILES string of the molecule is C=C(OCC)C1=CN(C(C)C)c2nc(Cl)c(F)cc2C1=C. The maximum absolute atomic E-state index is 13.8. The van der Waals surface area contributed by atoms with Crippen LogP contribution in [-0.4, -0.2) is 17.6 Å². The molecule has 0 aromatic carbocycles. The van der Waals surface area contributed by atoms with E-state index in [4.69, 9.17) is 16.3 Å². The predicted molar refractivity (Wildman–Crippen MR) is 84.7 cm³/mol. The Kier molecular flexibility index (Phi) is 4.37. The van der Waals surface area contributed by atoms with Crippen LogP contribution in [0.4, 0.5) is 10.2 Å². The summed E-state index contributed by atoms with van der Waals surface area (Å²) >= 11 is 5.81. The third-order valence-electron chi connectivity index (χ3n) is 3.25. The zero-order valence-corrected chi connectivity index (χ0v) is 13.2. The van der Waals surface area contributed by atoms with Gasteiger partial charge in [0, 0.05) is 23.4 Å². The van der Waals surface area contributed by atoms with Gasteiger partial charge in [0.15, 0.2) is 11.0 Å². The molecule has 2 heterocycles. The molecule has 3 nitrogen and oxygen atoms in total. The highest BCUT2D eigenvalue weighted by Gasteiger charge is 2.27. The molecule has 0 radical (unpaired) electrons. The zero-order chi connectivity index (χ0) is 15.7. The Labute approximate surface area is 129 Å². The molecule has 1 aromatic heterocycles. The third kappa shape index (κ3) is 2.81. The largest absolute Gasteiger partial charge is 0.494 e. The molecule has 0 spiro atoms. The summed E-state index contributed by atoms with van der Waals surface area (Å²) in [6, 6.07) is 1.48. The molecule has 0 amide bonds. The van der Waals surface area contributed by atoms with Crippen LogP contribution in [0.5, 0.6) is 0 Å². The molecule has 1 aliphatic heterocycles. The topological polar surface area (TPSA) is 25.4 Å². The Balaban J connectivity index is 2.58. The molecule has 0 atom stereocenters. The molecular weight excluding hydrogens is 291 g/mol. The fraction of sp³-hybridized carbons (Fsp3) is 0.312. The molecule has 112 valence electrons. The van der Waals surface area contributed by atoms with Crippen LogP contribution in [0.25, 0.3) is 5.57 Å². The summed E-state index contributed by atoms with van der Waals surface area (Å²) in [5.41, 5.74) is 1.97. The number of aromatic nitrogens is 1. The lowest BCUT2D eigenvalue weighted by Crippen LogP contribution is -2.30. The van der Waals surface area contributed by atoms with Crippen LogP contribution in [0.2, 0.25) is 5.15 Å². The molecule has 0 saturated heterocycles. The van der Waals surface area contributed by atoms with E-state index in [1.807, 2.05) is 31.9 Å². The van der Waals surface area contributed by atoms with Crippen molar-refractivity contribution < 1.29 is 9.13 Å². The van der Waals surface area contributed by atoms with Crippen LogP contribution in [0.15, 0.2) is 36.8 Å². The van der Waals surface area contributed by atoms with Crippen LogP contribution in [0.3, 0.4) is 0 Å². The van der Waals surface area contributed by atoms with Crippen molar-refractivity contribution in [2.75, 3.05) is 11.5 Å². The third-order valence-corrected chi connectivity index (χ3v) is 3.52. The van der Waals surface area contributed by atoms with Crippen molar-refractivity contribution in [3.63, 3.8) is 0 Å². The van der Waals surface area contributed by atoms with Gasteiger partial charge in [-0.1, -0.05) is 24.8 Å². The van der Waals surface area contributed by atoms with Gasteiger partial charge in [0.1, 0.15) is 11.6 Å². The number of ether oxygens (including phenoxy) is 1. The van der Waals surface area contributed by atoms with Crippen molar-refractivity contribution in [2.24, 2.45) is 0 Å². The smallest absolute Gasteiger partial charge is 0.167 e. The van der Waals surface area contributed by atoms with Crippen molar-refractivity contribution in [1.29, 1.82) is 0 Å². The van der Waals surface area contributed by atoms with E-state index in [0.29, 0.717) is 29.3 Å². The number of pyridine rings is 1. The van der Waals surface area contributed by atoms with Gasteiger partial charge in [-0.2, -0.15) is 0 Å². The zero-order valence-electron chi connectivity index (χ0n) is 12.4. The molecule has 0 saturated carbocycles. The Morgan fingerprint density at radius 2 is 2.19 bits per heavy atom. The molecule has 0 unspecified atom stereocenters. The molecule has 0 fully saturated rings. The lowest BCUT2D eigenvalue weighted by Gasteiger charge is -2.32. The van der Waals surface area contributed by atoms with Crippen LogP contribution in [0, 0.1) is 5.82 Å². The summed E-state index contributed by atoms with van der Waals surface area (Å²) < 4.78 is 19.2. The summed E-state index contributed by atoms with van der Waals surface area (Å²) in [6.07, 6.45) is 1.87. The van der Waals surface area contributed by atoms with E-state index in [1.54, 1.807) is 0 Å². The lowest BCUT2D eigenvalue weighted by atomic mass is 9.95. The number of rotatable bonds is 4. The normalized spacial score (nSPS) is 14.1. The van der Waals surface area contributed by atoms with Crippen molar-refractivity contribution in [3.8, 4) is 0 Å². The van der Waals surface area contributed by atoms with Crippen molar-refractivity contribution >= 4 is 23.0 Å². The quantitative estimate of drug-likeness (QED) is 0.602. The van der Waals surface area contributed by atoms with E-state index in [9.17, 15) is 4.39 Å². The first kappa shape index (κ1) is 15.6. The molecule has 0 aliphatic carbocycles. The molecule has 21 heavy (non-hydrogen) atoms. The Morgan fingerprint density at radius 1 is 1.52 bits per heavy atom. The number of nitrogens with zero attached hydrogens (tertiary/aromatic N) is 2. The minimum absolute atomic E-state index is 0.121. The maximum atomic E-state index is 13.8. The van der Waals surface area contributed by atoms with E-state index in [2.05, 4.69) is 18.1 Å². The Morgan fingerprint density at radius 3 is 2.76 bits per heavy atom. The first-order valence-electron chi connectivity index (χ1n) is 6.74. The van der Waals surface area contributed by atoms with Crippen molar-refractivity contribution in [1.82, 2.24) is 4.98 Å². The standard InChI is InChI=1S/C16H18ClFN2O/c1-6-21-11(5)13-8-20(9(2)3)16-12(10(13)4)7-14(18)15(17)19-16/h7-9H,4-6H2,1-3H3. The number of anilines is 1. The Hall–Kier alpha value is -1.81. The van der Waals surface area contributed by atoms with Gasteiger partial charge in [0.05, 0.1) is 6.61 Å². The second-order valence-electron chi connectivity index (χ2n) is 5.01. The second kappa shape index (κ2) is 5.90. The van der Waals surface area contributed by atoms with Gasteiger partial charge in [0.25, 0.3) is 0 Å². The van der Waals surface area contributed by atoms with Gasteiger partial charge in [-0.3, -0.25) is 0 Å². The number of allylic oxidation sites excluding steroid dienone is 1. The van der Waals surface area contributed by atoms with Gasteiger partial charge < -0.3 is 9.64 Å². The highest BCUT2D eigenvalue weighted by Crippen LogP contribution is 2.39. The average molecular weight is 309 g/mol. The molecule has 1 aliphatic rings. The molecule has 0 bridgehead atoms. The first-order chi connectivity index (χ1) is 9.86. The molecule has 1 aromatic rings. The second-order valence-corrected chi connectivity index (χ2v) is 5.37. The monoisotopic (exact) mass is 308 g/mol. The fourth-order valence-electron chi connectivity index (χ4n) is 2.19. The van der Waals surface area contributed by atoms with Crippen LogP contribution < -0.4 is 4.90 Å². The summed E-state index contributed by atoms with van der Waals surface area (Å²) in [7, 11) is 0. The van der Waals surface area contributed by atoms with Crippen molar-refractivity contribution in [3.05, 3.63) is 53.3 Å². The first-order valence-corrected chi connectivity index (χ1v) is 7.12.